The van der Waals surface area contributed by atoms with E-state index in [1.807, 2.05) is 36.9 Å². The summed E-state index contributed by atoms with van der Waals surface area (Å²) >= 11 is 0. The fraction of sp³-hybridized carbons (Fsp3) is 0.357. The molecule has 0 fully saturated rings. The molecule has 0 atom stereocenters. The topological polar surface area (TPSA) is 48.3 Å². The maximum absolute atomic E-state index is 5.31. The molecule has 1 heterocycles. The molecule has 0 bridgehead atoms. The summed E-state index contributed by atoms with van der Waals surface area (Å²) < 4.78 is 12.6. The molecule has 2 aromatic rings. The Morgan fingerprint density at radius 2 is 1.89 bits per heavy atom. The number of imidazole rings is 1. The van der Waals surface area contributed by atoms with Crippen LogP contribution in [0, 0.1) is 6.92 Å². The largest absolute Gasteiger partial charge is 0.493 e. The summed E-state index contributed by atoms with van der Waals surface area (Å²) in [5, 5.41) is 3.39. The van der Waals surface area contributed by atoms with Gasteiger partial charge in [0.05, 0.1) is 32.8 Å². The normalized spacial score (nSPS) is 10.3. The van der Waals surface area contributed by atoms with Gasteiger partial charge in [-0.2, -0.15) is 0 Å². The molecule has 0 amide bonds. The zero-order chi connectivity index (χ0) is 13.8. The zero-order valence-electron chi connectivity index (χ0n) is 11.7. The molecule has 0 radical (unpaired) electrons. The van der Waals surface area contributed by atoms with E-state index in [4.69, 9.17) is 9.47 Å². The van der Waals surface area contributed by atoms with Gasteiger partial charge in [0.1, 0.15) is 0 Å². The number of rotatable bonds is 5. The second-order valence-electron chi connectivity index (χ2n) is 4.37. The van der Waals surface area contributed by atoms with Gasteiger partial charge >= 0.3 is 0 Å². The molecule has 0 saturated carbocycles. The summed E-state index contributed by atoms with van der Waals surface area (Å²) in [6, 6.07) is 3.91. The fourth-order valence-corrected chi connectivity index (χ4v) is 1.91. The number of aryl methyl sites for hydroxylation is 2. The Labute approximate surface area is 113 Å². The molecule has 5 heteroatoms. The molecule has 5 nitrogen and oxygen atoms in total. The fourth-order valence-electron chi connectivity index (χ4n) is 1.91. The number of aromatic nitrogens is 2. The van der Waals surface area contributed by atoms with Crippen molar-refractivity contribution in [3.8, 4) is 11.5 Å². The molecular weight excluding hydrogens is 242 g/mol. The van der Waals surface area contributed by atoms with Crippen LogP contribution in [0.5, 0.6) is 11.5 Å². The molecule has 102 valence electrons. The van der Waals surface area contributed by atoms with E-state index >= 15 is 0 Å². The van der Waals surface area contributed by atoms with Crippen LogP contribution in [0.4, 0.5) is 5.69 Å². The summed E-state index contributed by atoms with van der Waals surface area (Å²) in [7, 11) is 5.25. The van der Waals surface area contributed by atoms with Crippen LogP contribution in [0.3, 0.4) is 0 Å². The van der Waals surface area contributed by atoms with E-state index in [-0.39, 0.29) is 0 Å². The predicted molar refractivity (Wildman–Crippen MR) is 74.8 cm³/mol. The van der Waals surface area contributed by atoms with Gasteiger partial charge in [0, 0.05) is 25.0 Å². The van der Waals surface area contributed by atoms with E-state index < -0.39 is 0 Å². The highest BCUT2D eigenvalue weighted by Crippen LogP contribution is 2.32. The monoisotopic (exact) mass is 261 g/mol. The lowest BCUT2D eigenvalue weighted by Gasteiger charge is -2.14. The summed E-state index contributed by atoms with van der Waals surface area (Å²) in [6.07, 6.45) is 3.64. The number of anilines is 1. The minimum absolute atomic E-state index is 0.715. The van der Waals surface area contributed by atoms with Crippen LogP contribution in [0.25, 0.3) is 0 Å². The smallest absolute Gasteiger partial charge is 0.162 e. The second kappa shape index (κ2) is 5.65. The quantitative estimate of drug-likeness (QED) is 0.897. The molecular formula is C14H19N3O2. The van der Waals surface area contributed by atoms with Crippen molar-refractivity contribution >= 4 is 5.69 Å². The molecule has 0 unspecified atom stereocenters. The highest BCUT2D eigenvalue weighted by atomic mass is 16.5. The van der Waals surface area contributed by atoms with Crippen molar-refractivity contribution in [2.75, 3.05) is 19.5 Å². The van der Waals surface area contributed by atoms with Gasteiger partial charge in [-0.1, -0.05) is 0 Å². The lowest BCUT2D eigenvalue weighted by Crippen LogP contribution is -2.05. The van der Waals surface area contributed by atoms with E-state index in [1.54, 1.807) is 20.5 Å². The molecule has 0 aliphatic heterocycles. The highest BCUT2D eigenvalue weighted by Gasteiger charge is 2.08. The van der Waals surface area contributed by atoms with Crippen molar-refractivity contribution in [1.29, 1.82) is 0 Å². The maximum Gasteiger partial charge on any atom is 0.162 e. The summed E-state index contributed by atoms with van der Waals surface area (Å²) in [5.74, 6) is 1.46. The van der Waals surface area contributed by atoms with Gasteiger partial charge in [0.15, 0.2) is 11.5 Å². The van der Waals surface area contributed by atoms with Crippen LogP contribution < -0.4 is 14.8 Å². The Balaban J connectivity index is 2.18. The number of methoxy groups -OCH3 is 2. The first kappa shape index (κ1) is 13.3. The van der Waals surface area contributed by atoms with Gasteiger partial charge in [-0.05, 0) is 18.6 Å². The van der Waals surface area contributed by atoms with Crippen molar-refractivity contribution in [3.63, 3.8) is 0 Å². The van der Waals surface area contributed by atoms with Crippen LogP contribution in [0.1, 0.15) is 11.3 Å². The molecule has 0 aliphatic carbocycles. The molecule has 1 N–H and O–H groups in total. The van der Waals surface area contributed by atoms with Crippen molar-refractivity contribution in [1.82, 2.24) is 9.55 Å². The molecule has 19 heavy (non-hydrogen) atoms. The van der Waals surface area contributed by atoms with Gasteiger partial charge < -0.3 is 19.4 Å². The molecule has 0 saturated heterocycles. The second-order valence-corrected chi connectivity index (χ2v) is 4.37. The molecule has 1 aromatic carbocycles. The average Bonchev–Trinajstić information content (AvgIpc) is 2.82. The van der Waals surface area contributed by atoms with Crippen molar-refractivity contribution in [2.45, 2.75) is 13.5 Å². The van der Waals surface area contributed by atoms with Crippen LogP contribution in [-0.4, -0.2) is 23.8 Å². The van der Waals surface area contributed by atoms with E-state index in [1.165, 1.54) is 0 Å². The van der Waals surface area contributed by atoms with E-state index in [9.17, 15) is 0 Å². The number of benzene rings is 1. The lowest BCUT2D eigenvalue weighted by molar-refractivity contribution is 0.355. The lowest BCUT2D eigenvalue weighted by atomic mass is 10.1. The number of nitrogens with one attached hydrogen (secondary N) is 1. The van der Waals surface area contributed by atoms with Gasteiger partial charge in [0.25, 0.3) is 0 Å². The number of hydrogen-bond donors (Lipinski definition) is 1. The summed E-state index contributed by atoms with van der Waals surface area (Å²) in [6.45, 7) is 2.75. The number of nitrogens with zero attached hydrogens (tertiary/aromatic N) is 2. The highest BCUT2D eigenvalue weighted by molar-refractivity contribution is 5.60. The van der Waals surface area contributed by atoms with E-state index in [2.05, 4.69) is 10.3 Å². The average molecular weight is 261 g/mol. The molecule has 0 aliphatic rings. The predicted octanol–water partition coefficient (Wildman–Crippen LogP) is 2.36. The molecule has 0 spiro atoms. The Hall–Kier alpha value is -2.17. The SMILES string of the molecule is COc1cc(C)c(NCc2cncn2C)cc1OC. The number of hydrogen-bond acceptors (Lipinski definition) is 4. The van der Waals surface area contributed by atoms with E-state index in [0.29, 0.717) is 6.54 Å². The third kappa shape index (κ3) is 2.81. The Morgan fingerprint density at radius 3 is 2.47 bits per heavy atom. The standard InChI is InChI=1S/C14H19N3O2/c1-10-5-13(18-3)14(19-4)6-12(10)16-8-11-7-15-9-17(11)2/h5-7,9,16H,8H2,1-4H3. The first-order valence-electron chi connectivity index (χ1n) is 6.07. The van der Waals surface area contributed by atoms with Gasteiger partial charge in [-0.15, -0.1) is 0 Å². The summed E-state index contributed by atoms with van der Waals surface area (Å²) in [5.41, 5.74) is 3.26. The zero-order valence-corrected chi connectivity index (χ0v) is 11.7. The van der Waals surface area contributed by atoms with Crippen LogP contribution >= 0.6 is 0 Å². The first-order valence-corrected chi connectivity index (χ1v) is 6.07. The molecule has 1 aromatic heterocycles. The third-order valence-corrected chi connectivity index (χ3v) is 3.11. The Bertz CT molecular complexity index is 564. The van der Waals surface area contributed by atoms with Crippen LogP contribution in [0.2, 0.25) is 0 Å². The van der Waals surface area contributed by atoms with Crippen molar-refractivity contribution in [2.24, 2.45) is 7.05 Å². The molecule has 2 rings (SSSR count). The van der Waals surface area contributed by atoms with Gasteiger partial charge in [-0.25, -0.2) is 4.98 Å². The first-order chi connectivity index (χ1) is 9.15. The minimum atomic E-state index is 0.715. The van der Waals surface area contributed by atoms with Gasteiger partial charge in [-0.3, -0.25) is 0 Å². The van der Waals surface area contributed by atoms with Crippen LogP contribution in [-0.2, 0) is 13.6 Å². The summed E-state index contributed by atoms with van der Waals surface area (Å²) in [4.78, 5) is 4.10. The maximum atomic E-state index is 5.31. The third-order valence-electron chi connectivity index (χ3n) is 3.11. The number of ether oxygens (including phenoxy) is 2. The minimum Gasteiger partial charge on any atom is -0.493 e. The van der Waals surface area contributed by atoms with Gasteiger partial charge in [0.2, 0.25) is 0 Å². The van der Waals surface area contributed by atoms with Crippen LogP contribution in [0.15, 0.2) is 24.7 Å². The Kier molecular flexibility index (Phi) is 3.94. The Morgan fingerprint density at radius 1 is 1.21 bits per heavy atom. The van der Waals surface area contributed by atoms with Crippen molar-refractivity contribution in [3.05, 3.63) is 35.9 Å². The van der Waals surface area contributed by atoms with E-state index in [0.717, 1.165) is 28.4 Å². The van der Waals surface area contributed by atoms with Crippen molar-refractivity contribution < 1.29 is 9.47 Å².